The van der Waals surface area contributed by atoms with Gasteiger partial charge in [0, 0.05) is 6.54 Å². The van der Waals surface area contributed by atoms with Crippen molar-refractivity contribution in [2.24, 2.45) is 5.92 Å². The lowest BCUT2D eigenvalue weighted by molar-refractivity contribution is 0.606. The van der Waals surface area contributed by atoms with E-state index in [2.05, 4.69) is 15.6 Å². The molecule has 0 spiro atoms. The summed E-state index contributed by atoms with van der Waals surface area (Å²) in [4.78, 5) is 0. The topological polar surface area (TPSA) is 42.7 Å². The minimum atomic E-state index is -0.284. The highest BCUT2D eigenvalue weighted by Gasteiger charge is 2.20. The van der Waals surface area contributed by atoms with Crippen molar-refractivity contribution in [3.05, 3.63) is 41.5 Å². The van der Waals surface area contributed by atoms with Crippen molar-refractivity contribution in [1.29, 1.82) is 0 Å². The zero-order valence-electron chi connectivity index (χ0n) is 10.9. The first kappa shape index (κ1) is 12.3. The molecular weight excluding hydrogens is 243 g/mol. The Hall–Kier alpha value is -1.75. The Morgan fingerprint density at radius 3 is 3.05 bits per heavy atom. The van der Waals surface area contributed by atoms with Crippen molar-refractivity contribution < 1.29 is 4.39 Å². The molecule has 19 heavy (non-hydrogen) atoms. The van der Waals surface area contributed by atoms with Gasteiger partial charge in [-0.25, -0.2) is 9.07 Å². The van der Waals surface area contributed by atoms with E-state index >= 15 is 0 Å². The van der Waals surface area contributed by atoms with Crippen molar-refractivity contribution in [3.8, 4) is 5.69 Å². The number of aryl methyl sites for hydroxylation is 1. The normalized spacial score (nSPS) is 14.8. The van der Waals surface area contributed by atoms with E-state index in [-0.39, 0.29) is 5.82 Å². The number of rotatable bonds is 5. The molecule has 4 nitrogen and oxygen atoms in total. The van der Waals surface area contributed by atoms with Gasteiger partial charge in [-0.15, -0.1) is 5.10 Å². The quantitative estimate of drug-likeness (QED) is 0.896. The van der Waals surface area contributed by atoms with Gasteiger partial charge in [-0.05, 0) is 49.9 Å². The third kappa shape index (κ3) is 2.98. The van der Waals surface area contributed by atoms with E-state index in [9.17, 15) is 4.39 Å². The second-order valence-electron chi connectivity index (χ2n) is 5.18. The number of nitrogens with one attached hydrogen (secondary N) is 1. The maximum atomic E-state index is 13.7. The summed E-state index contributed by atoms with van der Waals surface area (Å²) in [5.74, 6) is 0.553. The van der Waals surface area contributed by atoms with Crippen LogP contribution in [-0.2, 0) is 6.54 Å². The van der Waals surface area contributed by atoms with Crippen molar-refractivity contribution in [2.75, 3.05) is 6.54 Å². The Kier molecular flexibility index (Phi) is 3.29. The van der Waals surface area contributed by atoms with Gasteiger partial charge >= 0.3 is 0 Å². The summed E-state index contributed by atoms with van der Waals surface area (Å²) in [6, 6.07) is 4.97. The second kappa shape index (κ2) is 5.09. The number of hydrogen-bond acceptors (Lipinski definition) is 3. The number of hydrogen-bond donors (Lipinski definition) is 1. The van der Waals surface area contributed by atoms with Gasteiger partial charge in [0.25, 0.3) is 0 Å². The zero-order chi connectivity index (χ0) is 13.2. The van der Waals surface area contributed by atoms with E-state index in [1.54, 1.807) is 18.3 Å². The maximum Gasteiger partial charge on any atom is 0.148 e. The number of nitrogens with zero attached hydrogens (tertiary/aromatic N) is 3. The molecule has 1 aromatic carbocycles. The first-order chi connectivity index (χ1) is 9.22. The lowest BCUT2D eigenvalue weighted by atomic mass is 10.2. The molecule has 2 aromatic rings. The minimum Gasteiger partial charge on any atom is -0.311 e. The molecule has 1 N–H and O–H groups in total. The van der Waals surface area contributed by atoms with Gasteiger partial charge in [-0.1, -0.05) is 11.3 Å². The fraction of sp³-hybridized carbons (Fsp3) is 0.429. The fourth-order valence-corrected chi connectivity index (χ4v) is 2.02. The molecule has 0 atom stereocenters. The van der Waals surface area contributed by atoms with E-state index in [1.807, 2.05) is 6.92 Å². The summed E-state index contributed by atoms with van der Waals surface area (Å²) in [6.07, 6.45) is 4.43. The summed E-state index contributed by atoms with van der Waals surface area (Å²) >= 11 is 0. The van der Waals surface area contributed by atoms with Gasteiger partial charge in [-0.3, -0.25) is 0 Å². The van der Waals surface area contributed by atoms with Crippen molar-refractivity contribution >= 4 is 0 Å². The van der Waals surface area contributed by atoms with Gasteiger partial charge in [0.15, 0.2) is 0 Å². The highest BCUT2D eigenvalue weighted by Crippen LogP contribution is 2.27. The van der Waals surface area contributed by atoms with Crippen LogP contribution in [0.25, 0.3) is 5.69 Å². The predicted octanol–water partition coefficient (Wildman–Crippen LogP) is 2.21. The predicted molar refractivity (Wildman–Crippen MR) is 70.5 cm³/mol. The smallest absolute Gasteiger partial charge is 0.148 e. The molecule has 0 saturated heterocycles. The first-order valence-corrected chi connectivity index (χ1v) is 6.61. The van der Waals surface area contributed by atoms with Crippen LogP contribution in [0.3, 0.4) is 0 Å². The average molecular weight is 260 g/mol. The molecule has 0 unspecified atom stereocenters. The molecule has 0 bridgehead atoms. The third-order valence-corrected chi connectivity index (χ3v) is 3.33. The largest absolute Gasteiger partial charge is 0.311 e. The Labute approximate surface area is 111 Å². The molecule has 100 valence electrons. The fourth-order valence-electron chi connectivity index (χ4n) is 2.02. The summed E-state index contributed by atoms with van der Waals surface area (Å²) in [6.45, 7) is 3.65. The van der Waals surface area contributed by atoms with E-state index < -0.39 is 0 Å². The Balaban J connectivity index is 1.70. The highest BCUT2D eigenvalue weighted by atomic mass is 19.1. The van der Waals surface area contributed by atoms with Gasteiger partial charge in [0.2, 0.25) is 0 Å². The molecule has 0 aliphatic heterocycles. The lowest BCUT2D eigenvalue weighted by Crippen LogP contribution is -2.16. The van der Waals surface area contributed by atoms with Gasteiger partial charge in [0.05, 0.1) is 11.9 Å². The van der Waals surface area contributed by atoms with Crippen molar-refractivity contribution in [2.45, 2.75) is 26.3 Å². The zero-order valence-corrected chi connectivity index (χ0v) is 10.9. The molecule has 1 saturated carbocycles. The van der Waals surface area contributed by atoms with Crippen LogP contribution in [0.5, 0.6) is 0 Å². The highest BCUT2D eigenvalue weighted by molar-refractivity contribution is 5.36. The summed E-state index contributed by atoms with van der Waals surface area (Å²) in [5.41, 5.74) is 2.28. The van der Waals surface area contributed by atoms with Crippen molar-refractivity contribution in [1.82, 2.24) is 20.3 Å². The Morgan fingerprint density at radius 2 is 2.26 bits per heavy atom. The van der Waals surface area contributed by atoms with Gasteiger partial charge < -0.3 is 5.32 Å². The molecule has 1 heterocycles. The van der Waals surface area contributed by atoms with Gasteiger partial charge in [-0.2, -0.15) is 0 Å². The van der Waals surface area contributed by atoms with Crippen molar-refractivity contribution in [3.63, 3.8) is 0 Å². The second-order valence-corrected chi connectivity index (χ2v) is 5.18. The van der Waals surface area contributed by atoms with Crippen LogP contribution in [0.1, 0.15) is 24.1 Å². The Morgan fingerprint density at radius 1 is 1.42 bits per heavy atom. The third-order valence-electron chi connectivity index (χ3n) is 3.33. The SMILES string of the molecule is Cc1ccc(F)c(-n2cc(CNCC3CC3)nn2)c1. The van der Waals surface area contributed by atoms with Crippen LogP contribution < -0.4 is 5.32 Å². The van der Waals surface area contributed by atoms with Crippen LogP contribution in [0.15, 0.2) is 24.4 Å². The standard InChI is InChI=1S/C14H17FN4/c1-10-2-5-13(15)14(6-10)19-9-12(17-18-19)8-16-7-11-3-4-11/h2,5-6,9,11,16H,3-4,7-8H2,1H3. The van der Waals surface area contributed by atoms with Crippen LogP contribution in [0.2, 0.25) is 0 Å². The monoisotopic (exact) mass is 260 g/mol. The summed E-state index contributed by atoms with van der Waals surface area (Å²) < 4.78 is 15.2. The molecule has 0 radical (unpaired) electrons. The van der Waals surface area contributed by atoms with Crippen LogP contribution in [-0.4, -0.2) is 21.5 Å². The average Bonchev–Trinajstić information content (AvgIpc) is 3.10. The first-order valence-electron chi connectivity index (χ1n) is 6.61. The number of benzene rings is 1. The molecule has 0 amide bonds. The van der Waals surface area contributed by atoms with E-state index in [0.717, 1.165) is 23.7 Å². The van der Waals surface area contributed by atoms with Crippen LogP contribution >= 0.6 is 0 Å². The van der Waals surface area contributed by atoms with Crippen LogP contribution in [0.4, 0.5) is 4.39 Å². The van der Waals surface area contributed by atoms with E-state index in [4.69, 9.17) is 0 Å². The molecule has 1 aliphatic rings. The molecule has 1 fully saturated rings. The lowest BCUT2D eigenvalue weighted by Gasteiger charge is -2.03. The molecule has 1 aromatic heterocycles. The van der Waals surface area contributed by atoms with E-state index in [0.29, 0.717) is 12.2 Å². The number of halogens is 1. The summed E-state index contributed by atoms with van der Waals surface area (Å²) in [5, 5.41) is 11.4. The van der Waals surface area contributed by atoms with Crippen LogP contribution in [0, 0.1) is 18.7 Å². The van der Waals surface area contributed by atoms with E-state index in [1.165, 1.54) is 23.6 Å². The number of aromatic nitrogens is 3. The maximum absolute atomic E-state index is 13.7. The Bertz CT molecular complexity index is 575. The summed E-state index contributed by atoms with van der Waals surface area (Å²) in [7, 11) is 0. The molecular formula is C14H17FN4. The minimum absolute atomic E-state index is 0.284. The molecule has 5 heteroatoms. The molecule has 1 aliphatic carbocycles. The van der Waals surface area contributed by atoms with Gasteiger partial charge in [0.1, 0.15) is 11.5 Å². The molecule has 3 rings (SSSR count).